The van der Waals surface area contributed by atoms with Crippen molar-refractivity contribution in [2.45, 2.75) is 39.0 Å². The van der Waals surface area contributed by atoms with E-state index in [1.54, 1.807) is 12.1 Å². The molecule has 0 bridgehead atoms. The van der Waals surface area contributed by atoms with E-state index in [4.69, 9.17) is 9.47 Å². The maximum Gasteiger partial charge on any atom is 0.269 e. The lowest BCUT2D eigenvalue weighted by Crippen LogP contribution is -2.51. The van der Waals surface area contributed by atoms with Crippen LogP contribution in [0.1, 0.15) is 42.9 Å². The number of non-ortho nitro benzene ring substituents is 1. The number of rotatable bonds is 8. The van der Waals surface area contributed by atoms with Gasteiger partial charge in [-0.2, -0.15) is 0 Å². The highest BCUT2D eigenvalue weighted by atomic mass is 16.7. The molecule has 3 aromatic rings. The number of aliphatic hydroxyl groups excluding tert-OH is 1. The first-order chi connectivity index (χ1) is 19.8. The molecule has 0 saturated carbocycles. The molecule has 3 aromatic carbocycles. The van der Waals surface area contributed by atoms with Crippen LogP contribution < -0.4 is 10.2 Å². The van der Waals surface area contributed by atoms with Crippen molar-refractivity contribution in [3.8, 4) is 0 Å². The Morgan fingerprint density at radius 3 is 2.17 bits per heavy atom. The number of nitro benzene ring substituents is 1. The van der Waals surface area contributed by atoms with Crippen molar-refractivity contribution in [2.75, 3.05) is 42.9 Å². The molecule has 216 valence electrons. The zero-order valence-corrected chi connectivity index (χ0v) is 23.3. The Balaban J connectivity index is 1.29. The minimum absolute atomic E-state index is 0.0117. The quantitative estimate of drug-likeness (QED) is 0.302. The molecule has 10 heteroatoms. The lowest BCUT2D eigenvalue weighted by Gasteiger charge is -2.44. The van der Waals surface area contributed by atoms with Crippen LogP contribution in [-0.2, 0) is 20.9 Å². The zero-order valence-electron chi connectivity index (χ0n) is 23.3. The third-order valence-electron chi connectivity index (χ3n) is 7.86. The first-order valence-electron chi connectivity index (χ1n) is 13.9. The van der Waals surface area contributed by atoms with E-state index in [0.29, 0.717) is 5.69 Å². The molecule has 1 amide bonds. The van der Waals surface area contributed by atoms with Gasteiger partial charge in [-0.15, -0.1) is 0 Å². The summed E-state index contributed by atoms with van der Waals surface area (Å²) < 4.78 is 13.1. The minimum Gasteiger partial charge on any atom is -0.392 e. The van der Waals surface area contributed by atoms with E-state index in [0.717, 1.165) is 55.1 Å². The predicted molar refractivity (Wildman–Crippen MR) is 155 cm³/mol. The number of nitrogens with one attached hydrogen (secondary N) is 1. The predicted octanol–water partition coefficient (Wildman–Crippen LogP) is 4.66. The first kappa shape index (κ1) is 28.7. The fraction of sp³-hybridized carbons (Fsp3) is 0.387. The van der Waals surface area contributed by atoms with E-state index in [1.165, 1.54) is 6.92 Å². The maximum absolute atomic E-state index is 11.4. The summed E-state index contributed by atoms with van der Waals surface area (Å²) in [5, 5.41) is 23.3. The summed E-state index contributed by atoms with van der Waals surface area (Å²) in [6.07, 6.45) is -0.883. The monoisotopic (exact) mass is 560 g/mol. The van der Waals surface area contributed by atoms with Gasteiger partial charge in [-0.25, -0.2) is 0 Å². The van der Waals surface area contributed by atoms with Crippen molar-refractivity contribution in [3.63, 3.8) is 0 Å². The molecule has 0 spiro atoms. The highest BCUT2D eigenvalue weighted by Gasteiger charge is 2.39. The molecule has 4 atom stereocenters. The van der Waals surface area contributed by atoms with E-state index < -0.39 is 6.29 Å². The molecule has 2 heterocycles. The van der Waals surface area contributed by atoms with Crippen molar-refractivity contribution in [1.82, 2.24) is 4.90 Å². The number of piperazine rings is 1. The Hall–Kier alpha value is -3.83. The smallest absolute Gasteiger partial charge is 0.269 e. The van der Waals surface area contributed by atoms with Gasteiger partial charge in [0.15, 0.2) is 6.29 Å². The summed E-state index contributed by atoms with van der Waals surface area (Å²) in [4.78, 5) is 26.7. The Kier molecular flexibility index (Phi) is 8.94. The van der Waals surface area contributed by atoms with Gasteiger partial charge in [0.05, 0.1) is 23.7 Å². The van der Waals surface area contributed by atoms with Crippen molar-refractivity contribution < 1.29 is 24.3 Å². The van der Waals surface area contributed by atoms with Crippen LogP contribution in [0.15, 0.2) is 72.8 Å². The number of aliphatic hydroxyl groups is 1. The van der Waals surface area contributed by atoms with Gasteiger partial charge < -0.3 is 24.8 Å². The second-order valence-corrected chi connectivity index (χ2v) is 10.7. The van der Waals surface area contributed by atoms with E-state index in [1.807, 2.05) is 60.7 Å². The molecular weight excluding hydrogens is 524 g/mol. The first-order valence-corrected chi connectivity index (χ1v) is 13.9. The summed E-state index contributed by atoms with van der Waals surface area (Å²) in [6.45, 7) is 7.68. The van der Waals surface area contributed by atoms with E-state index in [9.17, 15) is 20.0 Å². The van der Waals surface area contributed by atoms with Crippen molar-refractivity contribution in [1.29, 1.82) is 0 Å². The van der Waals surface area contributed by atoms with Crippen molar-refractivity contribution in [2.24, 2.45) is 5.92 Å². The molecular formula is C31H36N4O6. The second-order valence-electron chi connectivity index (χ2n) is 10.7. The number of ether oxygens (including phenoxy) is 2. The van der Waals surface area contributed by atoms with Crippen LogP contribution in [0.25, 0.3) is 0 Å². The van der Waals surface area contributed by atoms with E-state index in [2.05, 4.69) is 22.0 Å². The number of carbonyl (C=O) groups excluding carboxylic acids is 1. The third-order valence-corrected chi connectivity index (χ3v) is 7.86. The molecule has 0 aromatic heterocycles. The van der Waals surface area contributed by atoms with Crippen LogP contribution in [0.5, 0.6) is 0 Å². The van der Waals surface area contributed by atoms with Gasteiger partial charge in [0.25, 0.3) is 5.69 Å². The van der Waals surface area contributed by atoms with Gasteiger partial charge in [-0.1, -0.05) is 43.3 Å². The summed E-state index contributed by atoms with van der Waals surface area (Å²) in [6, 6.07) is 22.1. The molecule has 10 nitrogen and oxygen atoms in total. The van der Waals surface area contributed by atoms with Crippen LogP contribution in [0.3, 0.4) is 0 Å². The van der Waals surface area contributed by atoms with Crippen molar-refractivity contribution in [3.05, 3.63) is 99.6 Å². The fourth-order valence-corrected chi connectivity index (χ4v) is 5.48. The third kappa shape index (κ3) is 6.91. The van der Waals surface area contributed by atoms with Gasteiger partial charge >= 0.3 is 0 Å². The Morgan fingerprint density at radius 1 is 0.951 bits per heavy atom. The van der Waals surface area contributed by atoms with Crippen LogP contribution in [0.2, 0.25) is 0 Å². The van der Waals surface area contributed by atoms with Gasteiger partial charge in [0.2, 0.25) is 5.91 Å². The summed E-state index contributed by atoms with van der Waals surface area (Å²) >= 11 is 0. The highest BCUT2D eigenvalue weighted by Crippen LogP contribution is 2.42. The number of hydrogen-bond donors (Lipinski definition) is 2. The van der Waals surface area contributed by atoms with Crippen LogP contribution >= 0.6 is 0 Å². The second kappa shape index (κ2) is 12.8. The average Bonchev–Trinajstić information content (AvgIpc) is 2.99. The van der Waals surface area contributed by atoms with Crippen LogP contribution in [0.4, 0.5) is 17.1 Å². The fourth-order valence-electron chi connectivity index (χ4n) is 5.48. The molecule has 0 aliphatic carbocycles. The number of nitro groups is 1. The standard InChI is InChI=1S/C31H36N4O6/c1-21-29(19-33-15-17-34(18-16-33)27-11-13-28(14-12-27)35(38)39)40-31(25-7-9-26(10-8-25)32-22(2)37)41-30(21)24-5-3-23(20-36)4-6-24/h3-14,21,29-31,36H,15-20H2,1-2H3,(H,32,37). The highest BCUT2D eigenvalue weighted by molar-refractivity contribution is 5.88. The van der Waals surface area contributed by atoms with E-state index >= 15 is 0 Å². The Labute approximate surface area is 239 Å². The average molecular weight is 561 g/mol. The van der Waals surface area contributed by atoms with Gasteiger partial charge in [-0.3, -0.25) is 19.8 Å². The molecule has 41 heavy (non-hydrogen) atoms. The number of nitrogens with zero attached hydrogens (tertiary/aromatic N) is 3. The number of anilines is 2. The van der Waals surface area contributed by atoms with E-state index in [-0.39, 0.29) is 41.3 Å². The number of benzene rings is 3. The topological polar surface area (TPSA) is 117 Å². The molecule has 2 fully saturated rings. The molecule has 2 aliphatic heterocycles. The minimum atomic E-state index is -0.577. The number of hydrogen-bond acceptors (Lipinski definition) is 8. The number of carbonyl (C=O) groups is 1. The van der Waals surface area contributed by atoms with Crippen molar-refractivity contribution >= 4 is 23.0 Å². The number of amides is 1. The van der Waals surface area contributed by atoms with Gasteiger partial charge in [-0.05, 0) is 35.4 Å². The molecule has 2 saturated heterocycles. The molecule has 2 aliphatic rings. The molecule has 4 unspecified atom stereocenters. The summed E-state index contributed by atoms with van der Waals surface area (Å²) in [5.74, 6) is -0.0607. The van der Waals surface area contributed by atoms with Crippen LogP contribution in [-0.4, -0.2) is 59.7 Å². The molecule has 2 N–H and O–H groups in total. The SMILES string of the molecule is CC(=O)Nc1ccc(C2OC(CN3CCN(c4ccc([N+](=O)[O-])cc4)CC3)C(C)C(c3ccc(CO)cc3)O2)cc1. The Bertz CT molecular complexity index is 1320. The zero-order chi connectivity index (χ0) is 28.9. The normalized spacial score (nSPS) is 23.2. The lowest BCUT2D eigenvalue weighted by molar-refractivity contribution is -0.384. The Morgan fingerprint density at radius 2 is 1.59 bits per heavy atom. The summed E-state index contributed by atoms with van der Waals surface area (Å²) in [5.41, 5.74) is 4.55. The van der Waals surface area contributed by atoms with Gasteiger partial charge in [0, 0.05) is 74.6 Å². The lowest BCUT2D eigenvalue weighted by atomic mass is 9.90. The summed E-state index contributed by atoms with van der Waals surface area (Å²) in [7, 11) is 0. The van der Waals surface area contributed by atoms with Crippen LogP contribution in [0, 0.1) is 16.0 Å². The maximum atomic E-state index is 11.4. The van der Waals surface area contributed by atoms with Gasteiger partial charge in [0.1, 0.15) is 0 Å². The largest absolute Gasteiger partial charge is 0.392 e. The molecule has 5 rings (SSSR count). The molecule has 0 radical (unpaired) electrons.